The molecule has 1 amide bonds. The number of aliphatic carboxylic acids is 1. The van der Waals surface area contributed by atoms with E-state index in [1.807, 2.05) is 0 Å². The maximum absolute atomic E-state index is 10.8. The highest BCUT2D eigenvalue weighted by molar-refractivity contribution is 5.76. The van der Waals surface area contributed by atoms with E-state index in [4.69, 9.17) is 10.8 Å². The van der Waals surface area contributed by atoms with Crippen LogP contribution in [-0.4, -0.2) is 26.5 Å². The second-order valence-corrected chi connectivity index (χ2v) is 2.87. The Kier molecular flexibility index (Phi) is 3.22. The molecule has 0 aliphatic carbocycles. The van der Waals surface area contributed by atoms with Crippen molar-refractivity contribution in [1.29, 1.82) is 0 Å². The highest BCUT2D eigenvalue weighted by Crippen LogP contribution is 2.13. The SMILES string of the molecule is NC(=O)CCC(C(=O)O)n1ccnc1. The molecular weight excluding hydrogens is 186 g/mol. The van der Waals surface area contributed by atoms with Crippen molar-refractivity contribution in [2.24, 2.45) is 5.73 Å². The van der Waals surface area contributed by atoms with Crippen LogP contribution in [0.25, 0.3) is 0 Å². The van der Waals surface area contributed by atoms with Gasteiger partial charge in [-0.1, -0.05) is 0 Å². The predicted molar refractivity (Wildman–Crippen MR) is 47.3 cm³/mol. The lowest BCUT2D eigenvalue weighted by Gasteiger charge is -2.11. The second-order valence-electron chi connectivity index (χ2n) is 2.87. The molecule has 76 valence electrons. The quantitative estimate of drug-likeness (QED) is 0.681. The Bertz CT molecular complexity index is 321. The Labute approximate surface area is 80.4 Å². The van der Waals surface area contributed by atoms with E-state index in [-0.39, 0.29) is 12.8 Å². The number of imidazole rings is 1. The van der Waals surface area contributed by atoms with Crippen molar-refractivity contribution < 1.29 is 14.7 Å². The van der Waals surface area contributed by atoms with E-state index in [9.17, 15) is 9.59 Å². The number of carbonyl (C=O) groups is 2. The molecule has 0 aromatic carbocycles. The standard InChI is InChI=1S/C8H11N3O3/c9-7(12)2-1-6(8(13)14)11-4-3-10-5-11/h3-6H,1-2H2,(H2,9,12)(H,13,14). The maximum atomic E-state index is 10.8. The van der Waals surface area contributed by atoms with Gasteiger partial charge in [0.05, 0.1) is 6.33 Å². The zero-order valence-electron chi connectivity index (χ0n) is 7.46. The number of nitrogens with two attached hydrogens (primary N) is 1. The van der Waals surface area contributed by atoms with Crippen molar-refractivity contribution in [2.45, 2.75) is 18.9 Å². The van der Waals surface area contributed by atoms with Gasteiger partial charge in [-0.3, -0.25) is 4.79 Å². The van der Waals surface area contributed by atoms with E-state index in [0.29, 0.717) is 0 Å². The Morgan fingerprint density at radius 1 is 1.57 bits per heavy atom. The molecule has 1 aromatic rings. The first-order chi connectivity index (χ1) is 6.61. The summed E-state index contributed by atoms with van der Waals surface area (Å²) in [5, 5.41) is 8.86. The van der Waals surface area contributed by atoms with Crippen molar-refractivity contribution in [1.82, 2.24) is 9.55 Å². The highest BCUT2D eigenvalue weighted by atomic mass is 16.4. The number of carboxylic acid groups (broad SMARTS) is 1. The third-order valence-corrected chi connectivity index (χ3v) is 1.83. The smallest absolute Gasteiger partial charge is 0.326 e. The van der Waals surface area contributed by atoms with Crippen LogP contribution in [-0.2, 0) is 9.59 Å². The van der Waals surface area contributed by atoms with Crippen LogP contribution in [0.15, 0.2) is 18.7 Å². The van der Waals surface area contributed by atoms with Crippen molar-refractivity contribution in [3.05, 3.63) is 18.7 Å². The van der Waals surface area contributed by atoms with E-state index >= 15 is 0 Å². The fraction of sp³-hybridized carbons (Fsp3) is 0.375. The highest BCUT2D eigenvalue weighted by Gasteiger charge is 2.19. The summed E-state index contributed by atoms with van der Waals surface area (Å²) in [6.45, 7) is 0. The Morgan fingerprint density at radius 2 is 2.29 bits per heavy atom. The largest absolute Gasteiger partial charge is 0.480 e. The summed E-state index contributed by atoms with van der Waals surface area (Å²) in [7, 11) is 0. The molecule has 14 heavy (non-hydrogen) atoms. The minimum atomic E-state index is -0.996. The number of nitrogens with zero attached hydrogens (tertiary/aromatic N) is 2. The zero-order chi connectivity index (χ0) is 10.6. The first-order valence-electron chi connectivity index (χ1n) is 4.10. The van der Waals surface area contributed by atoms with Crippen LogP contribution in [0.1, 0.15) is 18.9 Å². The molecule has 1 rings (SSSR count). The first kappa shape index (κ1) is 10.2. The molecule has 1 aromatic heterocycles. The van der Waals surface area contributed by atoms with Gasteiger partial charge in [-0.25, -0.2) is 9.78 Å². The summed E-state index contributed by atoms with van der Waals surface area (Å²) in [6, 6.07) is -0.773. The van der Waals surface area contributed by atoms with Crippen LogP contribution < -0.4 is 5.73 Å². The predicted octanol–water partition coefficient (Wildman–Crippen LogP) is -0.226. The summed E-state index contributed by atoms with van der Waals surface area (Å²) in [6.07, 6.45) is 4.66. The van der Waals surface area contributed by atoms with Crippen molar-refractivity contribution >= 4 is 11.9 Å². The number of rotatable bonds is 5. The zero-order valence-corrected chi connectivity index (χ0v) is 7.46. The van der Waals surface area contributed by atoms with Gasteiger partial charge in [0.2, 0.25) is 5.91 Å². The van der Waals surface area contributed by atoms with Crippen LogP contribution in [0, 0.1) is 0 Å². The third-order valence-electron chi connectivity index (χ3n) is 1.83. The summed E-state index contributed by atoms with van der Waals surface area (Å²) in [5.41, 5.74) is 4.94. The minimum absolute atomic E-state index is 0.0507. The fourth-order valence-corrected chi connectivity index (χ4v) is 1.13. The monoisotopic (exact) mass is 197 g/mol. The first-order valence-corrected chi connectivity index (χ1v) is 4.10. The summed E-state index contributed by atoms with van der Waals surface area (Å²) < 4.78 is 1.44. The molecule has 6 nitrogen and oxygen atoms in total. The minimum Gasteiger partial charge on any atom is -0.480 e. The number of carbonyl (C=O) groups excluding carboxylic acids is 1. The molecule has 0 aliphatic heterocycles. The molecule has 1 unspecified atom stereocenters. The van der Waals surface area contributed by atoms with E-state index in [0.717, 1.165) is 0 Å². The van der Waals surface area contributed by atoms with Gasteiger partial charge in [-0.05, 0) is 6.42 Å². The third kappa shape index (κ3) is 2.58. The fourth-order valence-electron chi connectivity index (χ4n) is 1.13. The molecule has 3 N–H and O–H groups in total. The van der Waals surface area contributed by atoms with Crippen molar-refractivity contribution in [2.75, 3.05) is 0 Å². The number of amides is 1. The average molecular weight is 197 g/mol. The normalized spacial score (nSPS) is 12.3. The van der Waals surface area contributed by atoms with Crippen LogP contribution in [0.5, 0.6) is 0 Å². The summed E-state index contributed by atoms with van der Waals surface area (Å²) >= 11 is 0. The maximum Gasteiger partial charge on any atom is 0.326 e. The Hall–Kier alpha value is -1.85. The van der Waals surface area contributed by atoms with Crippen LogP contribution in [0.4, 0.5) is 0 Å². The molecule has 1 heterocycles. The van der Waals surface area contributed by atoms with E-state index in [2.05, 4.69) is 4.98 Å². The molecule has 0 bridgehead atoms. The molecule has 0 radical (unpaired) electrons. The van der Waals surface area contributed by atoms with Crippen LogP contribution in [0.3, 0.4) is 0 Å². The van der Waals surface area contributed by atoms with Gasteiger partial charge in [0.25, 0.3) is 0 Å². The van der Waals surface area contributed by atoms with E-state index < -0.39 is 17.9 Å². The van der Waals surface area contributed by atoms with Gasteiger partial charge in [-0.15, -0.1) is 0 Å². The Balaban J connectivity index is 2.66. The van der Waals surface area contributed by atoms with Gasteiger partial charge < -0.3 is 15.4 Å². The van der Waals surface area contributed by atoms with Gasteiger partial charge in [-0.2, -0.15) is 0 Å². The molecule has 6 heteroatoms. The van der Waals surface area contributed by atoms with Crippen LogP contribution >= 0.6 is 0 Å². The lowest BCUT2D eigenvalue weighted by Crippen LogP contribution is -2.21. The number of primary amides is 1. The number of aromatic nitrogens is 2. The lowest BCUT2D eigenvalue weighted by atomic mass is 10.1. The summed E-state index contributed by atoms with van der Waals surface area (Å²) in [5.74, 6) is -1.50. The van der Waals surface area contributed by atoms with Crippen LogP contribution in [0.2, 0.25) is 0 Å². The van der Waals surface area contributed by atoms with E-state index in [1.54, 1.807) is 6.20 Å². The van der Waals surface area contributed by atoms with Gasteiger partial charge in [0.15, 0.2) is 0 Å². The Morgan fingerprint density at radius 3 is 2.71 bits per heavy atom. The van der Waals surface area contributed by atoms with Gasteiger partial charge in [0, 0.05) is 18.8 Å². The number of hydrogen-bond donors (Lipinski definition) is 2. The molecular formula is C8H11N3O3. The number of carboxylic acids is 1. The van der Waals surface area contributed by atoms with Gasteiger partial charge >= 0.3 is 5.97 Å². The molecule has 0 saturated carbocycles. The summed E-state index contributed by atoms with van der Waals surface area (Å²) in [4.78, 5) is 25.0. The molecule has 0 saturated heterocycles. The number of hydrogen-bond acceptors (Lipinski definition) is 3. The van der Waals surface area contributed by atoms with Gasteiger partial charge in [0.1, 0.15) is 6.04 Å². The van der Waals surface area contributed by atoms with E-state index in [1.165, 1.54) is 17.1 Å². The average Bonchev–Trinajstić information content (AvgIpc) is 2.56. The van der Waals surface area contributed by atoms with Crippen molar-refractivity contribution in [3.63, 3.8) is 0 Å². The lowest BCUT2D eigenvalue weighted by molar-refractivity contribution is -0.141. The molecule has 0 spiro atoms. The molecule has 1 atom stereocenters. The molecule has 0 fully saturated rings. The second kappa shape index (κ2) is 4.40. The topological polar surface area (TPSA) is 98.2 Å². The molecule has 0 aliphatic rings. The van der Waals surface area contributed by atoms with Crippen molar-refractivity contribution in [3.8, 4) is 0 Å².